The van der Waals surface area contributed by atoms with E-state index in [0.717, 1.165) is 68.7 Å². The minimum absolute atomic E-state index is 0.223. The van der Waals surface area contributed by atoms with Gasteiger partial charge in [0.2, 0.25) is 0 Å². The first-order chi connectivity index (χ1) is 19.8. The second-order valence-corrected chi connectivity index (χ2v) is 13.5. The Labute approximate surface area is 256 Å². The molecule has 2 aromatic rings. The minimum Gasteiger partial charge on any atom is -0.490 e. The van der Waals surface area contributed by atoms with Crippen molar-refractivity contribution in [2.24, 2.45) is 5.92 Å². The summed E-state index contributed by atoms with van der Waals surface area (Å²) in [4.78, 5) is 28.5. The lowest BCUT2D eigenvalue weighted by atomic mass is 9.70. The molecule has 4 rings (SSSR count). The molecule has 2 aromatic carbocycles. The third-order valence-corrected chi connectivity index (χ3v) is 8.97. The highest BCUT2D eigenvalue weighted by atomic mass is 35.5. The molecule has 0 fully saturated rings. The van der Waals surface area contributed by atoms with Crippen LogP contribution in [0.15, 0.2) is 49.1 Å². The van der Waals surface area contributed by atoms with E-state index < -0.39 is 28.9 Å². The van der Waals surface area contributed by atoms with Crippen molar-refractivity contribution in [3.8, 4) is 5.75 Å². The summed E-state index contributed by atoms with van der Waals surface area (Å²) in [6.45, 7) is 14.1. The maximum absolute atomic E-state index is 13.1. The fourth-order valence-electron chi connectivity index (χ4n) is 6.47. The summed E-state index contributed by atoms with van der Waals surface area (Å²) in [6, 6.07) is 11.6. The number of esters is 1. The van der Waals surface area contributed by atoms with Gasteiger partial charge in [-0.2, -0.15) is 0 Å². The molecule has 1 spiro atoms. The number of aliphatic hydroxyl groups is 1. The van der Waals surface area contributed by atoms with E-state index in [2.05, 4.69) is 23.6 Å². The monoisotopic (exact) mass is 595 g/mol. The molecule has 0 saturated carbocycles. The Kier molecular flexibility index (Phi) is 9.79. The molecule has 228 valence electrons. The fourth-order valence-corrected chi connectivity index (χ4v) is 6.67. The van der Waals surface area contributed by atoms with E-state index in [1.54, 1.807) is 33.8 Å². The van der Waals surface area contributed by atoms with Crippen molar-refractivity contribution < 1.29 is 24.2 Å². The first-order valence-corrected chi connectivity index (χ1v) is 15.6. The number of fused-ring (bicyclic) bond motifs is 3. The van der Waals surface area contributed by atoms with Crippen LogP contribution in [0.3, 0.4) is 0 Å². The standard InChI is InChI=1S/C35H46ClNO5/c1-7-8-9-10-11-19-37-22-34(18-12-13-26-20-28(36)15-16-29(26)34)23-41-31-17-14-27(21-30(31)37)35(40,25(3)38)24(2)32(39)42-33(4,5)6/h7,14-17,20-21,24,40H,1,8-13,18-19,22-23H2,2-6H3/t24-,34+,35-/m1/s1. The molecule has 1 heterocycles. The van der Waals surface area contributed by atoms with Crippen molar-refractivity contribution in [3.63, 3.8) is 0 Å². The maximum atomic E-state index is 13.1. The Morgan fingerprint density at radius 3 is 2.64 bits per heavy atom. The lowest BCUT2D eigenvalue weighted by Crippen LogP contribution is -2.47. The number of halogens is 1. The van der Waals surface area contributed by atoms with E-state index in [1.807, 2.05) is 24.3 Å². The Morgan fingerprint density at radius 2 is 1.95 bits per heavy atom. The molecular weight excluding hydrogens is 550 g/mol. The highest BCUT2D eigenvalue weighted by Crippen LogP contribution is 2.46. The predicted octanol–water partition coefficient (Wildman–Crippen LogP) is 7.31. The largest absolute Gasteiger partial charge is 0.490 e. The van der Waals surface area contributed by atoms with E-state index in [9.17, 15) is 14.7 Å². The van der Waals surface area contributed by atoms with Crippen molar-refractivity contribution in [2.45, 2.75) is 96.2 Å². The smallest absolute Gasteiger partial charge is 0.312 e. The lowest BCUT2D eigenvalue weighted by molar-refractivity contribution is -0.173. The lowest BCUT2D eigenvalue weighted by Gasteiger charge is -2.41. The number of ether oxygens (including phenoxy) is 2. The van der Waals surface area contributed by atoms with Crippen molar-refractivity contribution in [2.75, 3.05) is 24.6 Å². The van der Waals surface area contributed by atoms with Crippen LogP contribution in [0.25, 0.3) is 0 Å². The summed E-state index contributed by atoms with van der Waals surface area (Å²) in [6.07, 6.45) is 9.07. The number of rotatable bonds is 10. The summed E-state index contributed by atoms with van der Waals surface area (Å²) in [5.41, 5.74) is 0.713. The molecule has 1 aliphatic carbocycles. The fraction of sp³-hybridized carbons (Fsp3) is 0.543. The normalized spacial score (nSPS) is 20.4. The first kappa shape index (κ1) is 32.1. The number of Topliss-reactive ketones (excluding diaryl/α,β-unsaturated/α-hetero) is 1. The van der Waals surface area contributed by atoms with E-state index in [0.29, 0.717) is 17.9 Å². The number of aryl methyl sites for hydroxylation is 1. The topological polar surface area (TPSA) is 76.1 Å². The molecule has 6 nitrogen and oxygen atoms in total. The van der Waals surface area contributed by atoms with Gasteiger partial charge in [-0.1, -0.05) is 36.2 Å². The van der Waals surface area contributed by atoms with Crippen LogP contribution in [0.5, 0.6) is 5.75 Å². The average Bonchev–Trinajstić information content (AvgIpc) is 3.08. The zero-order chi connectivity index (χ0) is 30.7. The summed E-state index contributed by atoms with van der Waals surface area (Å²) in [7, 11) is 0. The van der Waals surface area contributed by atoms with Crippen LogP contribution < -0.4 is 9.64 Å². The maximum Gasteiger partial charge on any atom is 0.312 e. The molecule has 42 heavy (non-hydrogen) atoms. The number of ketones is 1. The Bertz CT molecular complexity index is 1320. The van der Waals surface area contributed by atoms with Gasteiger partial charge >= 0.3 is 5.97 Å². The van der Waals surface area contributed by atoms with Crippen LogP contribution >= 0.6 is 11.6 Å². The molecule has 7 heteroatoms. The third kappa shape index (κ3) is 6.70. The van der Waals surface area contributed by atoms with E-state index in [1.165, 1.54) is 18.1 Å². The second kappa shape index (κ2) is 12.8. The zero-order valence-electron chi connectivity index (χ0n) is 25.8. The molecule has 0 radical (unpaired) electrons. The summed E-state index contributed by atoms with van der Waals surface area (Å²) < 4.78 is 12.1. The van der Waals surface area contributed by atoms with Crippen LogP contribution in [0.1, 0.15) is 89.8 Å². The Morgan fingerprint density at radius 1 is 1.19 bits per heavy atom. The first-order valence-electron chi connectivity index (χ1n) is 15.2. The number of anilines is 1. The van der Waals surface area contributed by atoms with Gasteiger partial charge in [-0.3, -0.25) is 9.59 Å². The molecule has 1 aliphatic heterocycles. The molecule has 0 unspecified atom stereocenters. The van der Waals surface area contributed by atoms with E-state index in [4.69, 9.17) is 21.1 Å². The van der Waals surface area contributed by atoms with Crippen molar-refractivity contribution in [1.29, 1.82) is 0 Å². The quantitative estimate of drug-likeness (QED) is 0.176. The molecule has 0 amide bonds. The average molecular weight is 596 g/mol. The number of allylic oxidation sites excluding steroid dienone is 1. The van der Waals surface area contributed by atoms with Crippen molar-refractivity contribution >= 4 is 29.0 Å². The summed E-state index contributed by atoms with van der Waals surface area (Å²) in [5, 5.41) is 12.6. The van der Waals surface area contributed by atoms with Gasteiger partial charge < -0.3 is 19.5 Å². The highest BCUT2D eigenvalue weighted by molar-refractivity contribution is 6.30. The number of benzene rings is 2. The zero-order valence-corrected chi connectivity index (χ0v) is 26.6. The third-order valence-electron chi connectivity index (χ3n) is 8.74. The SMILES string of the molecule is C=CCCCCCN1C[C@@]2(CCCc3cc(Cl)ccc32)COc2ccc([C@](O)(C(C)=O)[C@H](C)C(=O)OC(C)(C)C)cc21. The van der Waals surface area contributed by atoms with Crippen LogP contribution in [-0.2, 0) is 31.8 Å². The van der Waals surface area contributed by atoms with Gasteiger partial charge in [-0.25, -0.2) is 0 Å². The number of carbonyl (C=O) groups excluding carboxylic acids is 2. The molecule has 1 N–H and O–H groups in total. The predicted molar refractivity (Wildman–Crippen MR) is 168 cm³/mol. The molecule has 0 aromatic heterocycles. The molecule has 3 atom stereocenters. The van der Waals surface area contributed by atoms with Crippen LogP contribution in [0, 0.1) is 5.92 Å². The second-order valence-electron chi connectivity index (χ2n) is 13.0. The Balaban J connectivity index is 1.75. The van der Waals surface area contributed by atoms with Gasteiger partial charge in [0.25, 0.3) is 0 Å². The van der Waals surface area contributed by atoms with Gasteiger partial charge in [0.05, 0.1) is 18.2 Å². The van der Waals surface area contributed by atoms with Crippen LogP contribution in [0.4, 0.5) is 5.69 Å². The van der Waals surface area contributed by atoms with Gasteiger partial charge in [0.1, 0.15) is 11.4 Å². The number of carbonyl (C=O) groups is 2. The van der Waals surface area contributed by atoms with E-state index >= 15 is 0 Å². The number of unbranched alkanes of at least 4 members (excludes halogenated alkanes) is 3. The van der Waals surface area contributed by atoms with Crippen molar-refractivity contribution in [1.82, 2.24) is 0 Å². The number of hydrogen-bond donors (Lipinski definition) is 1. The van der Waals surface area contributed by atoms with E-state index in [-0.39, 0.29) is 5.41 Å². The molecule has 0 saturated heterocycles. The van der Waals surface area contributed by atoms with Gasteiger partial charge in [-0.15, -0.1) is 6.58 Å². The van der Waals surface area contributed by atoms with Gasteiger partial charge in [0, 0.05) is 23.5 Å². The van der Waals surface area contributed by atoms with Gasteiger partial charge in [-0.05, 0) is 114 Å². The minimum atomic E-state index is -2.05. The Hall–Kier alpha value is -2.83. The van der Waals surface area contributed by atoms with Crippen molar-refractivity contribution in [3.05, 3.63) is 70.8 Å². The van der Waals surface area contributed by atoms with Crippen LogP contribution in [-0.4, -0.2) is 42.2 Å². The molecule has 0 bridgehead atoms. The summed E-state index contributed by atoms with van der Waals surface area (Å²) >= 11 is 6.38. The molecule has 2 aliphatic rings. The number of nitrogens with zero attached hydrogens (tertiary/aromatic N) is 1. The van der Waals surface area contributed by atoms with Crippen LogP contribution in [0.2, 0.25) is 5.02 Å². The van der Waals surface area contributed by atoms with Gasteiger partial charge in [0.15, 0.2) is 11.4 Å². The highest BCUT2D eigenvalue weighted by Gasteiger charge is 2.47. The summed E-state index contributed by atoms with van der Waals surface area (Å²) in [5.74, 6) is -1.53. The molecular formula is C35H46ClNO5. The number of hydrogen-bond acceptors (Lipinski definition) is 6.